The molecule has 1 amide bonds. The molecule has 0 radical (unpaired) electrons. The van der Waals surface area contributed by atoms with Crippen molar-refractivity contribution in [1.82, 2.24) is 5.43 Å². The molecule has 2 N–H and O–H groups in total. The number of nitrogens with one attached hydrogen (secondary N) is 1. The first-order valence-corrected chi connectivity index (χ1v) is 7.23. The van der Waals surface area contributed by atoms with Crippen LogP contribution in [0, 0.1) is 0 Å². The molecule has 0 aromatic carbocycles. The summed E-state index contributed by atoms with van der Waals surface area (Å²) in [6.07, 6.45) is 1.13. The Hall–Kier alpha value is -1.97. The highest BCUT2D eigenvalue weighted by molar-refractivity contribution is 7.85. The fourth-order valence-electron chi connectivity index (χ4n) is 1.16. The van der Waals surface area contributed by atoms with E-state index in [0.29, 0.717) is 4.88 Å². The first kappa shape index (κ1) is 13.5. The Bertz CT molecular complexity index is 700. The number of rotatable bonds is 4. The SMILES string of the molecule is O=C(N/N=C/c1ccc(S(=O)(=O)O)o1)c1cccs1. The highest BCUT2D eigenvalue weighted by Gasteiger charge is 2.14. The molecule has 0 saturated heterocycles. The molecule has 2 heterocycles. The molecule has 2 rings (SSSR count). The minimum Gasteiger partial charge on any atom is -0.441 e. The van der Waals surface area contributed by atoms with E-state index in [1.807, 2.05) is 0 Å². The highest BCUT2D eigenvalue weighted by Crippen LogP contribution is 2.11. The minimum absolute atomic E-state index is 0.0825. The van der Waals surface area contributed by atoms with Crippen molar-refractivity contribution in [1.29, 1.82) is 0 Å². The van der Waals surface area contributed by atoms with Crippen LogP contribution in [0.4, 0.5) is 0 Å². The molecule has 0 fully saturated rings. The van der Waals surface area contributed by atoms with Gasteiger partial charge in [0.1, 0.15) is 5.76 Å². The largest absolute Gasteiger partial charge is 0.441 e. The lowest BCUT2D eigenvalue weighted by Gasteiger charge is -1.94. The van der Waals surface area contributed by atoms with Crippen LogP contribution in [0.3, 0.4) is 0 Å². The van der Waals surface area contributed by atoms with Crippen molar-refractivity contribution >= 4 is 33.6 Å². The van der Waals surface area contributed by atoms with Crippen molar-refractivity contribution in [3.05, 3.63) is 40.3 Å². The van der Waals surface area contributed by atoms with Gasteiger partial charge in [-0.15, -0.1) is 11.3 Å². The van der Waals surface area contributed by atoms with Crippen LogP contribution in [0.1, 0.15) is 15.4 Å². The lowest BCUT2D eigenvalue weighted by atomic mass is 10.4. The smallest absolute Gasteiger partial charge is 0.328 e. The number of nitrogens with zero attached hydrogens (tertiary/aromatic N) is 1. The van der Waals surface area contributed by atoms with Gasteiger partial charge in [0.25, 0.3) is 5.91 Å². The number of hydrogen-bond acceptors (Lipinski definition) is 6. The molecule has 9 heteroatoms. The summed E-state index contributed by atoms with van der Waals surface area (Å²) in [4.78, 5) is 12.0. The van der Waals surface area contributed by atoms with E-state index in [2.05, 4.69) is 10.5 Å². The molecule has 7 nitrogen and oxygen atoms in total. The van der Waals surface area contributed by atoms with Crippen molar-refractivity contribution in [3.63, 3.8) is 0 Å². The Kier molecular flexibility index (Phi) is 3.79. The number of amides is 1. The number of carbonyl (C=O) groups excluding carboxylic acids is 1. The van der Waals surface area contributed by atoms with Gasteiger partial charge < -0.3 is 4.42 Å². The Morgan fingerprint density at radius 2 is 2.21 bits per heavy atom. The van der Waals surface area contributed by atoms with Crippen LogP contribution in [-0.4, -0.2) is 25.1 Å². The van der Waals surface area contributed by atoms with Crippen molar-refractivity contribution in [3.8, 4) is 0 Å². The normalized spacial score (nSPS) is 11.8. The first-order chi connectivity index (χ1) is 8.97. The van der Waals surface area contributed by atoms with Crippen molar-refractivity contribution in [2.45, 2.75) is 5.09 Å². The second-order valence-electron chi connectivity index (χ2n) is 3.31. The van der Waals surface area contributed by atoms with Crippen molar-refractivity contribution in [2.24, 2.45) is 5.10 Å². The summed E-state index contributed by atoms with van der Waals surface area (Å²) < 4.78 is 35.0. The summed E-state index contributed by atoms with van der Waals surface area (Å²) >= 11 is 1.26. The molecule has 2 aromatic rings. The van der Waals surface area contributed by atoms with Gasteiger partial charge in [-0.2, -0.15) is 13.5 Å². The summed E-state index contributed by atoms with van der Waals surface area (Å²) in [5, 5.41) is 4.77. The molecule has 0 aliphatic rings. The summed E-state index contributed by atoms with van der Waals surface area (Å²) in [6, 6.07) is 5.74. The standard InChI is InChI=1S/C10H8N2O5S2/c13-10(8-2-1-5-18-8)12-11-6-7-3-4-9(17-7)19(14,15)16/h1-6H,(H,12,13)(H,14,15,16)/b11-6+. The zero-order chi connectivity index (χ0) is 13.9. The van der Waals surface area contributed by atoms with Crippen LogP contribution in [0.25, 0.3) is 0 Å². The number of hydrogen-bond donors (Lipinski definition) is 2. The topological polar surface area (TPSA) is 109 Å². The van der Waals surface area contributed by atoms with Gasteiger partial charge in [-0.1, -0.05) is 6.07 Å². The first-order valence-electron chi connectivity index (χ1n) is 4.91. The summed E-state index contributed by atoms with van der Waals surface area (Å²) in [5.41, 5.74) is 2.25. The monoisotopic (exact) mass is 300 g/mol. The van der Waals surface area contributed by atoms with Gasteiger partial charge in [-0.05, 0) is 23.6 Å². The average molecular weight is 300 g/mol. The van der Waals surface area contributed by atoms with E-state index in [1.165, 1.54) is 17.4 Å². The predicted molar refractivity (Wildman–Crippen MR) is 67.9 cm³/mol. The van der Waals surface area contributed by atoms with E-state index in [-0.39, 0.29) is 11.7 Å². The van der Waals surface area contributed by atoms with E-state index in [0.717, 1.165) is 12.3 Å². The Morgan fingerprint density at radius 3 is 2.79 bits per heavy atom. The minimum atomic E-state index is -4.37. The third-order valence-corrected chi connectivity index (χ3v) is 3.56. The highest BCUT2D eigenvalue weighted by atomic mass is 32.2. The van der Waals surface area contributed by atoms with Gasteiger partial charge in [0.15, 0.2) is 0 Å². The predicted octanol–water partition coefficient (Wildman–Crippen LogP) is 1.35. The Labute approximate surface area is 112 Å². The fraction of sp³-hybridized carbons (Fsp3) is 0. The van der Waals surface area contributed by atoms with Crippen LogP contribution in [0.15, 0.2) is 44.3 Å². The third kappa shape index (κ3) is 3.50. The molecule has 100 valence electrons. The van der Waals surface area contributed by atoms with Crippen molar-refractivity contribution < 1.29 is 22.2 Å². The van der Waals surface area contributed by atoms with E-state index in [4.69, 9.17) is 8.97 Å². The Balaban J connectivity index is 2.00. The second kappa shape index (κ2) is 5.34. The van der Waals surface area contributed by atoms with E-state index < -0.39 is 15.2 Å². The molecular weight excluding hydrogens is 292 g/mol. The quantitative estimate of drug-likeness (QED) is 0.503. The fourth-order valence-corrected chi connectivity index (χ4v) is 2.21. The number of furan rings is 1. The summed E-state index contributed by atoms with van der Waals surface area (Å²) in [7, 11) is -4.37. The number of hydrazone groups is 1. The van der Waals surface area contributed by atoms with Crippen molar-refractivity contribution in [2.75, 3.05) is 0 Å². The molecule has 19 heavy (non-hydrogen) atoms. The zero-order valence-electron chi connectivity index (χ0n) is 9.31. The maximum atomic E-state index is 11.5. The number of thiophene rings is 1. The molecular formula is C10H8N2O5S2. The van der Waals surface area contributed by atoms with Crippen LogP contribution >= 0.6 is 11.3 Å². The third-order valence-electron chi connectivity index (χ3n) is 1.96. The molecule has 2 aromatic heterocycles. The average Bonchev–Trinajstić information content (AvgIpc) is 2.99. The molecule has 0 aliphatic heterocycles. The van der Waals surface area contributed by atoms with Gasteiger partial charge in [0, 0.05) is 0 Å². The van der Waals surface area contributed by atoms with E-state index in [1.54, 1.807) is 17.5 Å². The summed E-state index contributed by atoms with van der Waals surface area (Å²) in [5.74, 6) is -0.299. The zero-order valence-corrected chi connectivity index (χ0v) is 10.9. The van der Waals surface area contributed by atoms with Gasteiger partial charge in [0.2, 0.25) is 5.09 Å². The van der Waals surface area contributed by atoms with E-state index >= 15 is 0 Å². The summed E-state index contributed by atoms with van der Waals surface area (Å²) in [6.45, 7) is 0. The molecule has 0 aliphatic carbocycles. The van der Waals surface area contributed by atoms with Gasteiger partial charge in [-0.25, -0.2) is 5.43 Å². The van der Waals surface area contributed by atoms with Gasteiger partial charge in [0.05, 0.1) is 11.1 Å². The molecule has 0 unspecified atom stereocenters. The lowest BCUT2D eigenvalue weighted by Crippen LogP contribution is -2.15. The Morgan fingerprint density at radius 1 is 1.42 bits per heavy atom. The van der Waals surface area contributed by atoms with Gasteiger partial charge in [-0.3, -0.25) is 9.35 Å². The maximum absolute atomic E-state index is 11.5. The maximum Gasteiger partial charge on any atom is 0.328 e. The van der Waals surface area contributed by atoms with Gasteiger partial charge >= 0.3 is 10.1 Å². The van der Waals surface area contributed by atoms with Crippen LogP contribution in [0.5, 0.6) is 0 Å². The molecule has 0 atom stereocenters. The van der Waals surface area contributed by atoms with Crippen LogP contribution < -0.4 is 5.43 Å². The van der Waals surface area contributed by atoms with Crippen LogP contribution in [0.2, 0.25) is 0 Å². The second-order valence-corrected chi connectivity index (χ2v) is 5.61. The van der Waals surface area contributed by atoms with E-state index in [9.17, 15) is 13.2 Å². The number of carbonyl (C=O) groups is 1. The molecule has 0 saturated carbocycles. The molecule has 0 spiro atoms. The lowest BCUT2D eigenvalue weighted by molar-refractivity contribution is 0.0959. The molecule has 0 bridgehead atoms. The van der Waals surface area contributed by atoms with Crippen LogP contribution in [-0.2, 0) is 10.1 Å².